The van der Waals surface area contributed by atoms with Crippen LogP contribution in [0.2, 0.25) is 0 Å². The summed E-state index contributed by atoms with van der Waals surface area (Å²) in [6.45, 7) is 10.6. The predicted molar refractivity (Wildman–Crippen MR) is 71.3 cm³/mol. The van der Waals surface area contributed by atoms with Crippen molar-refractivity contribution < 1.29 is 9.90 Å². The number of hydrogen-bond acceptors (Lipinski definition) is 3. The van der Waals surface area contributed by atoms with Crippen LogP contribution in [-0.2, 0) is 4.79 Å². The van der Waals surface area contributed by atoms with E-state index in [9.17, 15) is 9.90 Å². The van der Waals surface area contributed by atoms with E-state index in [0.29, 0.717) is 6.04 Å². The van der Waals surface area contributed by atoms with E-state index in [0.717, 1.165) is 32.5 Å². The van der Waals surface area contributed by atoms with Gasteiger partial charge in [-0.25, -0.2) is 0 Å². The fourth-order valence-corrected chi connectivity index (χ4v) is 2.88. The quantitative estimate of drug-likeness (QED) is 0.824. The molecule has 0 bridgehead atoms. The van der Waals surface area contributed by atoms with Gasteiger partial charge in [0.2, 0.25) is 5.91 Å². The summed E-state index contributed by atoms with van der Waals surface area (Å²) in [5, 5.41) is 9.79. The molecule has 18 heavy (non-hydrogen) atoms. The lowest BCUT2D eigenvalue weighted by Gasteiger charge is -2.44. The first-order chi connectivity index (χ1) is 8.23. The Balaban J connectivity index is 2.01. The Morgan fingerprint density at radius 1 is 1.33 bits per heavy atom. The molecule has 1 aliphatic heterocycles. The summed E-state index contributed by atoms with van der Waals surface area (Å²) in [5.41, 5.74) is -0.812. The van der Waals surface area contributed by atoms with Crippen LogP contribution in [-0.4, -0.2) is 57.6 Å². The molecule has 0 unspecified atom stereocenters. The van der Waals surface area contributed by atoms with Crippen molar-refractivity contribution in [2.75, 3.05) is 19.6 Å². The van der Waals surface area contributed by atoms with Gasteiger partial charge in [-0.3, -0.25) is 9.69 Å². The lowest BCUT2D eigenvalue weighted by molar-refractivity contribution is -0.142. The summed E-state index contributed by atoms with van der Waals surface area (Å²) in [5.74, 6) is 0.114. The standard InChI is InChI=1S/C14H26N2O2/c1-11(2)15-7-8-16(14(10-15)5-6-14)12(17)9-13(3,4)18/h11,18H,5-10H2,1-4H3. The molecular formula is C14H26N2O2. The monoisotopic (exact) mass is 254 g/mol. The lowest BCUT2D eigenvalue weighted by Crippen LogP contribution is -2.59. The minimum absolute atomic E-state index is 0.0881. The fourth-order valence-electron chi connectivity index (χ4n) is 2.88. The van der Waals surface area contributed by atoms with Crippen LogP contribution in [0.3, 0.4) is 0 Å². The normalized spacial score (nSPS) is 23.8. The van der Waals surface area contributed by atoms with Crippen molar-refractivity contribution in [3.8, 4) is 0 Å². The highest BCUT2D eigenvalue weighted by molar-refractivity contribution is 5.78. The Kier molecular flexibility index (Phi) is 3.45. The molecule has 0 radical (unpaired) electrons. The summed E-state index contributed by atoms with van der Waals surface area (Å²) >= 11 is 0. The molecule has 1 saturated heterocycles. The summed E-state index contributed by atoms with van der Waals surface area (Å²) in [7, 11) is 0. The van der Waals surface area contributed by atoms with Crippen molar-refractivity contribution in [1.82, 2.24) is 9.80 Å². The van der Waals surface area contributed by atoms with Gasteiger partial charge < -0.3 is 10.0 Å². The van der Waals surface area contributed by atoms with Crippen LogP contribution in [0, 0.1) is 0 Å². The van der Waals surface area contributed by atoms with E-state index >= 15 is 0 Å². The van der Waals surface area contributed by atoms with Crippen molar-refractivity contribution in [2.45, 2.75) is 64.1 Å². The third-order valence-corrected chi connectivity index (χ3v) is 4.12. The number of amides is 1. The zero-order valence-electron chi connectivity index (χ0n) is 12.1. The van der Waals surface area contributed by atoms with E-state index in [1.54, 1.807) is 13.8 Å². The average Bonchev–Trinajstić information content (AvgIpc) is 2.95. The Morgan fingerprint density at radius 2 is 1.94 bits per heavy atom. The molecule has 0 aromatic heterocycles. The largest absolute Gasteiger partial charge is 0.390 e. The van der Waals surface area contributed by atoms with Crippen molar-refractivity contribution in [3.05, 3.63) is 0 Å². The highest BCUT2D eigenvalue weighted by atomic mass is 16.3. The Bertz CT molecular complexity index is 329. The van der Waals surface area contributed by atoms with Crippen molar-refractivity contribution >= 4 is 5.91 Å². The molecular weight excluding hydrogens is 228 g/mol. The van der Waals surface area contributed by atoms with Gasteiger partial charge in [-0.15, -0.1) is 0 Å². The number of nitrogens with zero attached hydrogens (tertiary/aromatic N) is 2. The zero-order chi connectivity index (χ0) is 13.6. The first-order valence-corrected chi connectivity index (χ1v) is 7.00. The Labute approximate surface area is 110 Å². The SMILES string of the molecule is CC(C)N1CCN(C(=O)CC(C)(C)O)C2(CC2)C1. The lowest BCUT2D eigenvalue weighted by atomic mass is 10.0. The third-order valence-electron chi connectivity index (χ3n) is 4.12. The van der Waals surface area contributed by atoms with Crippen LogP contribution in [0.1, 0.15) is 47.0 Å². The first kappa shape index (κ1) is 13.8. The second-order valence-corrected chi connectivity index (χ2v) is 6.82. The van der Waals surface area contributed by atoms with Crippen molar-refractivity contribution in [2.24, 2.45) is 0 Å². The van der Waals surface area contributed by atoms with E-state index in [1.165, 1.54) is 0 Å². The summed E-state index contributed by atoms with van der Waals surface area (Å²) in [4.78, 5) is 16.8. The highest BCUT2D eigenvalue weighted by Gasteiger charge is 2.53. The second kappa shape index (κ2) is 4.49. The van der Waals surface area contributed by atoms with Gasteiger partial charge in [-0.05, 0) is 40.5 Å². The average molecular weight is 254 g/mol. The van der Waals surface area contributed by atoms with E-state index in [4.69, 9.17) is 0 Å². The molecule has 1 N–H and O–H groups in total. The summed E-state index contributed by atoms with van der Waals surface area (Å²) in [6.07, 6.45) is 2.47. The summed E-state index contributed by atoms with van der Waals surface area (Å²) < 4.78 is 0. The smallest absolute Gasteiger partial charge is 0.225 e. The van der Waals surface area contributed by atoms with Gasteiger partial charge in [0.1, 0.15) is 0 Å². The predicted octanol–water partition coefficient (Wildman–Crippen LogP) is 1.23. The van der Waals surface area contributed by atoms with Gasteiger partial charge in [-0.2, -0.15) is 0 Å². The molecule has 2 aliphatic rings. The Hall–Kier alpha value is -0.610. The van der Waals surface area contributed by atoms with Gasteiger partial charge in [0, 0.05) is 25.7 Å². The van der Waals surface area contributed by atoms with Gasteiger partial charge in [0.25, 0.3) is 0 Å². The first-order valence-electron chi connectivity index (χ1n) is 7.00. The van der Waals surface area contributed by atoms with Gasteiger partial charge in [0.15, 0.2) is 0 Å². The number of hydrogen-bond donors (Lipinski definition) is 1. The molecule has 1 saturated carbocycles. The number of aliphatic hydroxyl groups is 1. The molecule has 4 heteroatoms. The maximum absolute atomic E-state index is 12.3. The molecule has 1 aliphatic carbocycles. The van der Waals surface area contributed by atoms with Crippen LogP contribution >= 0.6 is 0 Å². The van der Waals surface area contributed by atoms with Crippen LogP contribution in [0.25, 0.3) is 0 Å². The molecule has 1 spiro atoms. The van der Waals surface area contributed by atoms with E-state index < -0.39 is 5.60 Å². The molecule has 104 valence electrons. The van der Waals surface area contributed by atoms with Crippen LogP contribution < -0.4 is 0 Å². The maximum Gasteiger partial charge on any atom is 0.225 e. The molecule has 4 nitrogen and oxygen atoms in total. The van der Waals surface area contributed by atoms with Crippen molar-refractivity contribution in [3.63, 3.8) is 0 Å². The van der Waals surface area contributed by atoms with Crippen LogP contribution in [0.15, 0.2) is 0 Å². The minimum atomic E-state index is -0.900. The highest BCUT2D eigenvalue weighted by Crippen LogP contribution is 2.45. The maximum atomic E-state index is 12.3. The van der Waals surface area contributed by atoms with E-state index in [2.05, 4.69) is 18.7 Å². The molecule has 2 rings (SSSR count). The number of carbonyl (C=O) groups excluding carboxylic acids is 1. The second-order valence-electron chi connectivity index (χ2n) is 6.82. The molecule has 0 aromatic carbocycles. The van der Waals surface area contributed by atoms with Gasteiger partial charge in [-0.1, -0.05) is 0 Å². The molecule has 0 aromatic rings. The summed E-state index contributed by atoms with van der Waals surface area (Å²) in [6, 6.07) is 0.550. The molecule has 1 amide bonds. The Morgan fingerprint density at radius 3 is 2.39 bits per heavy atom. The zero-order valence-corrected chi connectivity index (χ0v) is 12.1. The van der Waals surface area contributed by atoms with E-state index in [1.807, 2.05) is 4.90 Å². The number of piperazine rings is 1. The van der Waals surface area contributed by atoms with Crippen molar-refractivity contribution in [1.29, 1.82) is 0 Å². The van der Waals surface area contributed by atoms with E-state index in [-0.39, 0.29) is 17.9 Å². The topological polar surface area (TPSA) is 43.8 Å². The third kappa shape index (κ3) is 2.86. The van der Waals surface area contributed by atoms with Crippen LogP contribution in [0.4, 0.5) is 0 Å². The molecule has 0 atom stereocenters. The van der Waals surface area contributed by atoms with Crippen LogP contribution in [0.5, 0.6) is 0 Å². The van der Waals surface area contributed by atoms with Gasteiger partial charge in [0.05, 0.1) is 17.6 Å². The minimum Gasteiger partial charge on any atom is -0.390 e. The molecule has 2 fully saturated rings. The van der Waals surface area contributed by atoms with Gasteiger partial charge >= 0.3 is 0 Å². The number of rotatable bonds is 3. The fraction of sp³-hybridized carbons (Fsp3) is 0.929. The number of carbonyl (C=O) groups is 1. The molecule has 1 heterocycles.